The van der Waals surface area contributed by atoms with Crippen LogP contribution in [0.5, 0.6) is 0 Å². The summed E-state index contributed by atoms with van der Waals surface area (Å²) in [5, 5.41) is 5.78. The van der Waals surface area contributed by atoms with E-state index >= 15 is 0 Å². The number of nitrogens with zero attached hydrogens (tertiary/aromatic N) is 1. The molecule has 2 aromatic rings. The van der Waals surface area contributed by atoms with Crippen LogP contribution in [0.2, 0.25) is 0 Å². The molecule has 0 atom stereocenters. The molecule has 0 spiro atoms. The first-order valence-corrected chi connectivity index (χ1v) is 6.71. The van der Waals surface area contributed by atoms with Gasteiger partial charge in [0, 0.05) is 17.5 Å². The maximum atomic E-state index is 12.6. The van der Waals surface area contributed by atoms with E-state index in [2.05, 4.69) is 10.3 Å². The van der Waals surface area contributed by atoms with Crippen LogP contribution in [0.4, 0.5) is 13.2 Å². The number of benzene rings is 1. The average molecular weight is 286 g/mol. The van der Waals surface area contributed by atoms with Crippen molar-refractivity contribution in [3.8, 4) is 11.3 Å². The third-order valence-electron chi connectivity index (χ3n) is 2.56. The van der Waals surface area contributed by atoms with E-state index in [0.29, 0.717) is 17.8 Å². The molecular formula is C13H13F3N2S. The van der Waals surface area contributed by atoms with Crippen molar-refractivity contribution in [2.45, 2.75) is 19.6 Å². The van der Waals surface area contributed by atoms with Gasteiger partial charge in [-0.2, -0.15) is 13.2 Å². The summed E-state index contributed by atoms with van der Waals surface area (Å²) in [6.07, 6.45) is -4.32. The molecule has 0 aliphatic carbocycles. The van der Waals surface area contributed by atoms with Gasteiger partial charge in [0.15, 0.2) is 0 Å². The van der Waals surface area contributed by atoms with Crippen molar-refractivity contribution in [2.24, 2.45) is 0 Å². The van der Waals surface area contributed by atoms with Crippen LogP contribution in [0.1, 0.15) is 17.5 Å². The molecule has 0 bridgehead atoms. The SMILES string of the molecule is CCNCc1nc(-c2cccc(C(F)(F)F)c2)cs1. The zero-order valence-electron chi connectivity index (χ0n) is 10.3. The lowest BCUT2D eigenvalue weighted by atomic mass is 10.1. The fourth-order valence-electron chi connectivity index (χ4n) is 1.61. The molecule has 1 N–H and O–H groups in total. The molecule has 0 aliphatic rings. The van der Waals surface area contributed by atoms with E-state index in [4.69, 9.17) is 0 Å². The summed E-state index contributed by atoms with van der Waals surface area (Å²) in [7, 11) is 0. The average Bonchev–Trinajstić information content (AvgIpc) is 2.84. The standard InChI is InChI=1S/C13H13F3N2S/c1-2-17-7-12-18-11(8-19-12)9-4-3-5-10(6-9)13(14,15)16/h3-6,8,17H,2,7H2,1H3. The predicted molar refractivity (Wildman–Crippen MR) is 69.9 cm³/mol. The van der Waals surface area contributed by atoms with E-state index in [9.17, 15) is 13.2 Å². The molecule has 0 aliphatic heterocycles. The van der Waals surface area contributed by atoms with Crippen LogP contribution in [0.25, 0.3) is 11.3 Å². The Hall–Kier alpha value is -1.40. The first kappa shape index (κ1) is 14.0. The number of aromatic nitrogens is 1. The predicted octanol–water partition coefficient (Wildman–Crippen LogP) is 3.94. The summed E-state index contributed by atoms with van der Waals surface area (Å²) in [5.74, 6) is 0. The Morgan fingerprint density at radius 1 is 1.32 bits per heavy atom. The van der Waals surface area contributed by atoms with Gasteiger partial charge in [-0.25, -0.2) is 4.98 Å². The Bertz CT molecular complexity index is 549. The van der Waals surface area contributed by atoms with Gasteiger partial charge in [0.05, 0.1) is 11.3 Å². The van der Waals surface area contributed by atoms with Crippen LogP contribution >= 0.6 is 11.3 Å². The zero-order chi connectivity index (χ0) is 13.9. The minimum Gasteiger partial charge on any atom is -0.311 e. The quantitative estimate of drug-likeness (QED) is 0.921. The number of rotatable bonds is 4. The fraction of sp³-hybridized carbons (Fsp3) is 0.308. The van der Waals surface area contributed by atoms with Crippen LogP contribution in [0, 0.1) is 0 Å². The highest BCUT2D eigenvalue weighted by Gasteiger charge is 2.30. The molecule has 0 saturated carbocycles. The van der Waals surface area contributed by atoms with Crippen LogP contribution in [-0.4, -0.2) is 11.5 Å². The molecule has 2 rings (SSSR count). The Kier molecular flexibility index (Phi) is 4.21. The normalized spacial score (nSPS) is 11.8. The maximum absolute atomic E-state index is 12.6. The first-order chi connectivity index (χ1) is 9.00. The summed E-state index contributed by atoms with van der Waals surface area (Å²) in [4.78, 5) is 4.33. The van der Waals surface area contributed by atoms with E-state index in [1.54, 1.807) is 11.4 Å². The number of thiazole rings is 1. The van der Waals surface area contributed by atoms with Crippen LogP contribution in [-0.2, 0) is 12.7 Å². The topological polar surface area (TPSA) is 24.9 Å². The van der Waals surface area contributed by atoms with Gasteiger partial charge in [0.2, 0.25) is 0 Å². The number of hydrogen-bond acceptors (Lipinski definition) is 3. The third kappa shape index (κ3) is 3.54. The Labute approximate surface area is 113 Å². The van der Waals surface area contributed by atoms with Gasteiger partial charge in [0.25, 0.3) is 0 Å². The lowest BCUT2D eigenvalue weighted by molar-refractivity contribution is -0.137. The van der Waals surface area contributed by atoms with Crippen molar-refractivity contribution in [3.63, 3.8) is 0 Å². The number of alkyl halides is 3. The van der Waals surface area contributed by atoms with E-state index in [1.807, 2.05) is 6.92 Å². The second kappa shape index (κ2) is 5.71. The van der Waals surface area contributed by atoms with Gasteiger partial charge in [-0.3, -0.25) is 0 Å². The highest BCUT2D eigenvalue weighted by Crippen LogP contribution is 2.32. The molecular weight excluding hydrogens is 273 g/mol. The third-order valence-corrected chi connectivity index (χ3v) is 3.41. The Morgan fingerprint density at radius 3 is 2.79 bits per heavy atom. The molecule has 0 unspecified atom stereocenters. The van der Waals surface area contributed by atoms with Gasteiger partial charge < -0.3 is 5.32 Å². The summed E-state index contributed by atoms with van der Waals surface area (Å²) >= 11 is 1.44. The van der Waals surface area contributed by atoms with Gasteiger partial charge >= 0.3 is 6.18 Å². The van der Waals surface area contributed by atoms with Gasteiger partial charge in [-0.1, -0.05) is 19.1 Å². The molecule has 102 valence electrons. The second-order valence-electron chi connectivity index (χ2n) is 3.99. The molecule has 1 aromatic heterocycles. The molecule has 1 heterocycles. The highest BCUT2D eigenvalue weighted by atomic mass is 32.1. The highest BCUT2D eigenvalue weighted by molar-refractivity contribution is 7.09. The summed E-state index contributed by atoms with van der Waals surface area (Å²) in [5.41, 5.74) is 0.434. The molecule has 1 aromatic carbocycles. The molecule has 2 nitrogen and oxygen atoms in total. The largest absolute Gasteiger partial charge is 0.416 e. The van der Waals surface area contributed by atoms with E-state index in [-0.39, 0.29) is 0 Å². The number of nitrogens with one attached hydrogen (secondary N) is 1. The van der Waals surface area contributed by atoms with Gasteiger partial charge in [0.1, 0.15) is 5.01 Å². The fourth-order valence-corrected chi connectivity index (χ4v) is 2.38. The van der Waals surface area contributed by atoms with E-state index in [0.717, 1.165) is 23.7 Å². The smallest absolute Gasteiger partial charge is 0.311 e. The van der Waals surface area contributed by atoms with Crippen molar-refractivity contribution in [3.05, 3.63) is 40.2 Å². The number of halogens is 3. The van der Waals surface area contributed by atoms with Crippen molar-refractivity contribution < 1.29 is 13.2 Å². The van der Waals surface area contributed by atoms with E-state index < -0.39 is 11.7 Å². The lowest BCUT2D eigenvalue weighted by Crippen LogP contribution is -2.11. The molecule has 0 fully saturated rings. The number of hydrogen-bond donors (Lipinski definition) is 1. The molecule has 0 amide bonds. The summed E-state index contributed by atoms with van der Waals surface area (Å²) < 4.78 is 37.9. The minimum atomic E-state index is -4.32. The van der Waals surface area contributed by atoms with Crippen LogP contribution in [0.3, 0.4) is 0 Å². The van der Waals surface area contributed by atoms with Gasteiger partial charge in [-0.05, 0) is 18.7 Å². The zero-order valence-corrected chi connectivity index (χ0v) is 11.1. The lowest BCUT2D eigenvalue weighted by Gasteiger charge is -2.07. The Balaban J connectivity index is 2.24. The summed E-state index contributed by atoms with van der Waals surface area (Å²) in [6, 6.07) is 5.24. The summed E-state index contributed by atoms with van der Waals surface area (Å²) in [6.45, 7) is 3.46. The van der Waals surface area contributed by atoms with Crippen molar-refractivity contribution in [2.75, 3.05) is 6.54 Å². The minimum absolute atomic E-state index is 0.494. The Morgan fingerprint density at radius 2 is 2.11 bits per heavy atom. The molecule has 6 heteroatoms. The molecule has 0 radical (unpaired) electrons. The van der Waals surface area contributed by atoms with Crippen molar-refractivity contribution >= 4 is 11.3 Å². The van der Waals surface area contributed by atoms with Crippen LogP contribution < -0.4 is 5.32 Å². The first-order valence-electron chi connectivity index (χ1n) is 5.83. The van der Waals surface area contributed by atoms with Crippen LogP contribution in [0.15, 0.2) is 29.6 Å². The monoisotopic (exact) mass is 286 g/mol. The van der Waals surface area contributed by atoms with Crippen molar-refractivity contribution in [1.29, 1.82) is 0 Å². The second-order valence-corrected chi connectivity index (χ2v) is 4.93. The molecule has 19 heavy (non-hydrogen) atoms. The maximum Gasteiger partial charge on any atom is 0.416 e. The van der Waals surface area contributed by atoms with E-state index in [1.165, 1.54) is 17.4 Å². The molecule has 0 saturated heterocycles. The van der Waals surface area contributed by atoms with Gasteiger partial charge in [-0.15, -0.1) is 11.3 Å². The van der Waals surface area contributed by atoms with Crippen molar-refractivity contribution in [1.82, 2.24) is 10.3 Å².